The number of anilines is 1. The van der Waals surface area contributed by atoms with Gasteiger partial charge in [-0.1, -0.05) is 18.2 Å². The van der Waals surface area contributed by atoms with Crippen LogP contribution < -0.4 is 4.90 Å². The van der Waals surface area contributed by atoms with Gasteiger partial charge in [-0.25, -0.2) is 0 Å². The molecule has 1 aromatic carbocycles. The molecule has 16 heavy (non-hydrogen) atoms. The largest absolute Gasteiger partial charge is 0.371 e. The Kier molecular flexibility index (Phi) is 3.46. The van der Waals surface area contributed by atoms with E-state index in [0.29, 0.717) is 12.3 Å². The molecule has 1 atom stereocenters. The first-order valence-corrected chi connectivity index (χ1v) is 5.99. The molecule has 0 bridgehead atoms. The number of hydrogen-bond donors (Lipinski definition) is 0. The standard InChI is InChI=1S/C14H18N2/c1-12-5-2-3-7-14(12)16-10-4-6-13(11-16)8-9-15/h2-3,5,7,13H,4,6,8,10-11H2,1H3. The molecular formula is C14H18N2. The van der Waals surface area contributed by atoms with E-state index in [2.05, 4.69) is 42.2 Å². The van der Waals surface area contributed by atoms with E-state index in [1.54, 1.807) is 0 Å². The maximum atomic E-state index is 8.76. The molecule has 0 aromatic heterocycles. The lowest BCUT2D eigenvalue weighted by Gasteiger charge is -2.34. The van der Waals surface area contributed by atoms with Crippen LogP contribution in [-0.2, 0) is 0 Å². The van der Waals surface area contributed by atoms with Crippen molar-refractivity contribution in [2.24, 2.45) is 5.92 Å². The van der Waals surface area contributed by atoms with Crippen LogP contribution in [0, 0.1) is 24.2 Å². The summed E-state index contributed by atoms with van der Waals surface area (Å²) in [6.07, 6.45) is 3.11. The summed E-state index contributed by atoms with van der Waals surface area (Å²) in [4.78, 5) is 2.43. The minimum Gasteiger partial charge on any atom is -0.371 e. The summed E-state index contributed by atoms with van der Waals surface area (Å²) < 4.78 is 0. The van der Waals surface area contributed by atoms with Crippen LogP contribution in [0.15, 0.2) is 24.3 Å². The second kappa shape index (κ2) is 5.03. The SMILES string of the molecule is Cc1ccccc1N1CCCC(CC#N)C1. The summed E-state index contributed by atoms with van der Waals surface area (Å²) in [5.41, 5.74) is 2.67. The number of benzene rings is 1. The maximum absolute atomic E-state index is 8.76. The highest BCUT2D eigenvalue weighted by Gasteiger charge is 2.20. The van der Waals surface area contributed by atoms with Gasteiger partial charge in [-0.05, 0) is 37.3 Å². The van der Waals surface area contributed by atoms with Gasteiger partial charge in [-0.3, -0.25) is 0 Å². The predicted molar refractivity (Wildman–Crippen MR) is 66.3 cm³/mol. The minimum absolute atomic E-state index is 0.554. The van der Waals surface area contributed by atoms with Gasteiger partial charge in [-0.15, -0.1) is 0 Å². The maximum Gasteiger partial charge on any atom is 0.0625 e. The van der Waals surface area contributed by atoms with Gasteiger partial charge in [0.25, 0.3) is 0 Å². The van der Waals surface area contributed by atoms with E-state index < -0.39 is 0 Å². The monoisotopic (exact) mass is 214 g/mol. The number of piperidine rings is 1. The Morgan fingerprint density at radius 2 is 2.25 bits per heavy atom. The lowest BCUT2D eigenvalue weighted by Crippen LogP contribution is -2.35. The molecule has 1 saturated heterocycles. The number of aryl methyl sites for hydroxylation is 1. The molecule has 1 aromatic rings. The summed E-state index contributed by atoms with van der Waals surface area (Å²) in [5.74, 6) is 0.554. The van der Waals surface area contributed by atoms with E-state index >= 15 is 0 Å². The van der Waals surface area contributed by atoms with Crippen LogP contribution in [0.4, 0.5) is 5.69 Å². The first-order valence-electron chi connectivity index (χ1n) is 5.99. The molecule has 1 aliphatic heterocycles. The topological polar surface area (TPSA) is 27.0 Å². The molecule has 0 saturated carbocycles. The number of hydrogen-bond acceptors (Lipinski definition) is 2. The van der Waals surface area contributed by atoms with E-state index in [9.17, 15) is 0 Å². The van der Waals surface area contributed by atoms with Gasteiger partial charge in [0.15, 0.2) is 0 Å². The van der Waals surface area contributed by atoms with Crippen LogP contribution in [0.5, 0.6) is 0 Å². The van der Waals surface area contributed by atoms with Gasteiger partial charge in [-0.2, -0.15) is 5.26 Å². The van der Waals surface area contributed by atoms with Crippen molar-refractivity contribution in [3.8, 4) is 6.07 Å². The second-order valence-electron chi connectivity index (χ2n) is 4.60. The van der Waals surface area contributed by atoms with Crippen molar-refractivity contribution >= 4 is 5.69 Å². The molecule has 2 nitrogen and oxygen atoms in total. The molecule has 0 aliphatic carbocycles. The normalized spacial score (nSPS) is 20.5. The average Bonchev–Trinajstić information content (AvgIpc) is 2.30. The van der Waals surface area contributed by atoms with Crippen molar-refractivity contribution in [1.82, 2.24) is 0 Å². The van der Waals surface area contributed by atoms with E-state index in [1.165, 1.54) is 24.1 Å². The fourth-order valence-corrected chi connectivity index (χ4v) is 2.50. The van der Waals surface area contributed by atoms with Crippen LogP contribution in [0.25, 0.3) is 0 Å². The molecule has 2 heteroatoms. The fraction of sp³-hybridized carbons (Fsp3) is 0.500. The summed E-state index contributed by atoms with van der Waals surface area (Å²) in [7, 11) is 0. The van der Waals surface area contributed by atoms with Crippen molar-refractivity contribution in [2.45, 2.75) is 26.2 Å². The van der Waals surface area contributed by atoms with Gasteiger partial charge in [0.1, 0.15) is 0 Å². The second-order valence-corrected chi connectivity index (χ2v) is 4.60. The zero-order valence-electron chi connectivity index (χ0n) is 9.82. The summed E-state index contributed by atoms with van der Waals surface area (Å²) in [6.45, 7) is 4.33. The van der Waals surface area contributed by atoms with Crippen LogP contribution in [0.2, 0.25) is 0 Å². The van der Waals surface area contributed by atoms with Crippen LogP contribution in [-0.4, -0.2) is 13.1 Å². The van der Waals surface area contributed by atoms with Gasteiger partial charge in [0.2, 0.25) is 0 Å². The third-order valence-electron chi connectivity index (χ3n) is 3.36. The number of para-hydroxylation sites is 1. The lowest BCUT2D eigenvalue weighted by molar-refractivity contribution is 0.421. The number of rotatable bonds is 2. The number of nitriles is 1. The average molecular weight is 214 g/mol. The van der Waals surface area contributed by atoms with Crippen LogP contribution in [0.1, 0.15) is 24.8 Å². The molecule has 2 rings (SSSR count). The van der Waals surface area contributed by atoms with Crippen molar-refractivity contribution in [1.29, 1.82) is 5.26 Å². The van der Waals surface area contributed by atoms with Gasteiger partial charge in [0, 0.05) is 25.2 Å². The van der Waals surface area contributed by atoms with E-state index in [-0.39, 0.29) is 0 Å². The molecule has 0 spiro atoms. The highest BCUT2D eigenvalue weighted by Crippen LogP contribution is 2.26. The molecule has 0 amide bonds. The Morgan fingerprint density at radius 1 is 1.44 bits per heavy atom. The van der Waals surface area contributed by atoms with Crippen molar-refractivity contribution < 1.29 is 0 Å². The molecule has 1 aliphatic rings. The van der Waals surface area contributed by atoms with Gasteiger partial charge in [0.05, 0.1) is 6.07 Å². The Labute approximate surface area is 97.5 Å². The smallest absolute Gasteiger partial charge is 0.0625 e. The summed E-state index contributed by atoms with van der Waals surface area (Å²) >= 11 is 0. The van der Waals surface area contributed by atoms with Gasteiger partial charge < -0.3 is 4.90 Å². The van der Waals surface area contributed by atoms with Crippen LogP contribution in [0.3, 0.4) is 0 Å². The summed E-state index contributed by atoms with van der Waals surface area (Å²) in [6, 6.07) is 10.8. The zero-order chi connectivity index (χ0) is 11.4. The first kappa shape index (κ1) is 11.0. The Morgan fingerprint density at radius 3 is 3.00 bits per heavy atom. The molecule has 84 valence electrons. The lowest BCUT2D eigenvalue weighted by atomic mass is 9.94. The Hall–Kier alpha value is -1.49. The Bertz CT molecular complexity index is 392. The van der Waals surface area contributed by atoms with Gasteiger partial charge >= 0.3 is 0 Å². The third kappa shape index (κ3) is 2.36. The molecule has 1 fully saturated rings. The van der Waals surface area contributed by atoms with Crippen molar-refractivity contribution in [3.05, 3.63) is 29.8 Å². The number of nitrogens with zero attached hydrogens (tertiary/aromatic N) is 2. The molecule has 0 radical (unpaired) electrons. The minimum atomic E-state index is 0.554. The van der Waals surface area contributed by atoms with E-state index in [0.717, 1.165) is 13.1 Å². The molecular weight excluding hydrogens is 196 g/mol. The van der Waals surface area contributed by atoms with E-state index in [4.69, 9.17) is 5.26 Å². The third-order valence-corrected chi connectivity index (χ3v) is 3.36. The highest BCUT2D eigenvalue weighted by atomic mass is 15.1. The molecule has 1 heterocycles. The predicted octanol–water partition coefficient (Wildman–Crippen LogP) is 3.13. The van der Waals surface area contributed by atoms with Crippen molar-refractivity contribution in [2.75, 3.05) is 18.0 Å². The van der Waals surface area contributed by atoms with E-state index in [1.807, 2.05) is 0 Å². The first-order chi connectivity index (χ1) is 7.81. The highest BCUT2D eigenvalue weighted by molar-refractivity contribution is 5.53. The quantitative estimate of drug-likeness (QED) is 0.756. The Balaban J connectivity index is 2.10. The van der Waals surface area contributed by atoms with Crippen LogP contribution >= 0.6 is 0 Å². The fourth-order valence-electron chi connectivity index (χ4n) is 2.50. The molecule has 1 unspecified atom stereocenters. The van der Waals surface area contributed by atoms with Crippen molar-refractivity contribution in [3.63, 3.8) is 0 Å². The molecule has 0 N–H and O–H groups in total. The zero-order valence-corrected chi connectivity index (χ0v) is 9.82. The summed E-state index contributed by atoms with van der Waals surface area (Å²) in [5, 5.41) is 8.76.